The number of carboxylic acids is 2. The van der Waals surface area contributed by atoms with Crippen LogP contribution in [0.25, 0.3) is 0 Å². The van der Waals surface area contributed by atoms with Gasteiger partial charge in [0.05, 0.1) is 36.9 Å². The second kappa shape index (κ2) is 13.5. The van der Waals surface area contributed by atoms with Gasteiger partial charge < -0.3 is 29.2 Å². The number of carboxylic acid groups (broad SMARTS) is 2. The predicted molar refractivity (Wildman–Crippen MR) is 179 cm³/mol. The molecule has 2 N–H and O–H groups in total. The number of carbonyl (C=O) groups excluding carboxylic acids is 2. The first-order chi connectivity index (χ1) is 22.4. The van der Waals surface area contributed by atoms with Crippen LogP contribution in [0.2, 0.25) is 0 Å². The second-order valence-corrected chi connectivity index (χ2v) is 16.3. The Morgan fingerprint density at radius 1 is 0.542 bits per heavy atom. The fraction of sp³-hybridized carbons (Fsp3) is 0.895. The van der Waals surface area contributed by atoms with Gasteiger partial charge in [-0.25, -0.2) is 0 Å². The van der Waals surface area contributed by atoms with Crippen molar-refractivity contribution in [2.24, 2.45) is 69.0 Å². The first-order valence-electron chi connectivity index (χ1n) is 18.5. The van der Waals surface area contributed by atoms with Crippen LogP contribution >= 0.6 is 0 Å². The van der Waals surface area contributed by atoms with E-state index in [9.17, 15) is 29.4 Å². The highest BCUT2D eigenvalue weighted by Crippen LogP contribution is 2.75. The molecule has 0 amide bonds. The van der Waals surface area contributed by atoms with Crippen molar-refractivity contribution < 1.29 is 48.3 Å². The second-order valence-electron chi connectivity index (χ2n) is 16.3. The molecule has 2 aliphatic carbocycles. The van der Waals surface area contributed by atoms with Crippen LogP contribution in [0.4, 0.5) is 0 Å². The van der Waals surface area contributed by atoms with Gasteiger partial charge >= 0.3 is 23.9 Å². The molecule has 0 radical (unpaired) electrons. The van der Waals surface area contributed by atoms with E-state index < -0.39 is 93.6 Å². The van der Waals surface area contributed by atoms with Crippen LogP contribution in [0, 0.1) is 69.0 Å². The Bertz CT molecular complexity index is 1150. The summed E-state index contributed by atoms with van der Waals surface area (Å²) in [5, 5.41) is 20.9. The number of rotatable bonds is 14. The Balaban J connectivity index is 1.55. The lowest BCUT2D eigenvalue weighted by Crippen LogP contribution is -2.73. The van der Waals surface area contributed by atoms with Gasteiger partial charge in [0.15, 0.2) is 12.2 Å². The molecule has 0 aromatic rings. The third-order valence-electron chi connectivity index (χ3n) is 14.6. The molecule has 12 unspecified atom stereocenters. The molecule has 4 aliphatic rings. The van der Waals surface area contributed by atoms with Crippen LogP contribution in [0.15, 0.2) is 0 Å². The number of carbonyl (C=O) groups is 4. The molecule has 274 valence electrons. The highest BCUT2D eigenvalue weighted by molar-refractivity contribution is 5.87. The average Bonchev–Trinajstić information content (AvgIpc) is 3.55. The van der Waals surface area contributed by atoms with Crippen LogP contribution < -0.4 is 0 Å². The molecular weight excluding hydrogens is 616 g/mol. The molecule has 4 rings (SSSR count). The molecule has 48 heavy (non-hydrogen) atoms. The minimum absolute atomic E-state index is 0.0296. The maximum atomic E-state index is 14.1. The summed E-state index contributed by atoms with van der Waals surface area (Å²) in [6.45, 7) is 24.6. The maximum Gasteiger partial charge on any atom is 0.310 e. The van der Waals surface area contributed by atoms with E-state index in [2.05, 4.69) is 55.4 Å². The quantitative estimate of drug-likeness (QED) is 0.196. The molecule has 2 aliphatic heterocycles. The number of fused-ring (bicyclic) bond motifs is 1. The zero-order valence-corrected chi connectivity index (χ0v) is 31.3. The molecule has 0 bridgehead atoms. The van der Waals surface area contributed by atoms with E-state index in [1.54, 1.807) is 0 Å². The van der Waals surface area contributed by atoms with Crippen LogP contribution in [0.1, 0.15) is 109 Å². The van der Waals surface area contributed by atoms with Crippen LogP contribution in [0.3, 0.4) is 0 Å². The summed E-state index contributed by atoms with van der Waals surface area (Å²) >= 11 is 0. The van der Waals surface area contributed by atoms with Crippen LogP contribution in [0.5, 0.6) is 0 Å². The summed E-state index contributed by atoms with van der Waals surface area (Å²) in [7, 11) is 0. The molecular formula is C38H62O10. The van der Waals surface area contributed by atoms with E-state index in [0.717, 1.165) is 0 Å². The highest BCUT2D eigenvalue weighted by Gasteiger charge is 2.78. The molecule has 2 saturated carbocycles. The standard InChI is InChI=1S/C38H62O10/c1-13-35(19(5)6)25(31(39)40)27(37(35,15-3)21(9)10)33(43)47-23-17-45-30-24(18-46-29(23)30)48-34(44)28-26(32(41)42)36(14-2,20(7)8)38(28,16-4)22(11)12/h19-30H,13-18H2,1-12H3,(H,39,40)(H,41,42). The first kappa shape index (κ1) is 38.6. The smallest absolute Gasteiger partial charge is 0.310 e. The maximum absolute atomic E-state index is 14.1. The Morgan fingerprint density at radius 3 is 1.00 bits per heavy atom. The van der Waals surface area contributed by atoms with E-state index in [1.807, 2.05) is 27.7 Å². The molecule has 10 heteroatoms. The highest BCUT2D eigenvalue weighted by atomic mass is 16.7. The summed E-state index contributed by atoms with van der Waals surface area (Å²) < 4.78 is 24.3. The SMILES string of the molecule is CCC1(C(C)C)C(C(=O)O)C(C(=O)OC2COC3C(OC(=O)C4C(C(=O)O)C(CC)(C(C)C)C4(CC)C(C)C)COC23)C1(CC)C(C)C. The van der Waals surface area contributed by atoms with Gasteiger partial charge in [-0.1, -0.05) is 83.1 Å². The number of hydrogen-bond donors (Lipinski definition) is 2. The van der Waals surface area contributed by atoms with Gasteiger partial charge in [0.25, 0.3) is 0 Å². The Kier molecular flexibility index (Phi) is 10.9. The van der Waals surface area contributed by atoms with Gasteiger partial charge in [0.1, 0.15) is 12.2 Å². The topological polar surface area (TPSA) is 146 Å². The largest absolute Gasteiger partial charge is 0.481 e. The van der Waals surface area contributed by atoms with Crippen molar-refractivity contribution in [2.75, 3.05) is 13.2 Å². The summed E-state index contributed by atoms with van der Waals surface area (Å²) in [6.07, 6.45) is -0.371. The third-order valence-corrected chi connectivity index (χ3v) is 14.6. The summed E-state index contributed by atoms with van der Waals surface area (Å²) in [5.41, 5.74) is -2.24. The molecule has 0 aromatic carbocycles. The zero-order chi connectivity index (χ0) is 36.3. The van der Waals surface area contributed by atoms with Crippen LogP contribution in [-0.4, -0.2) is 71.7 Å². The monoisotopic (exact) mass is 678 g/mol. The molecule has 2 heterocycles. The van der Waals surface area contributed by atoms with E-state index in [4.69, 9.17) is 18.9 Å². The molecule has 10 nitrogen and oxygen atoms in total. The summed E-state index contributed by atoms with van der Waals surface area (Å²) in [4.78, 5) is 53.7. The minimum atomic E-state index is -0.980. The number of aliphatic carboxylic acids is 2. The lowest BCUT2D eigenvalue weighted by Gasteiger charge is -2.71. The molecule has 0 spiro atoms. The third kappa shape index (κ3) is 4.76. The van der Waals surface area contributed by atoms with Gasteiger partial charge in [-0.15, -0.1) is 0 Å². The van der Waals surface area contributed by atoms with Gasteiger partial charge in [-0.2, -0.15) is 0 Å². The van der Waals surface area contributed by atoms with Crippen molar-refractivity contribution in [2.45, 2.75) is 133 Å². The van der Waals surface area contributed by atoms with E-state index >= 15 is 0 Å². The molecule has 2 saturated heterocycles. The lowest BCUT2D eigenvalue weighted by molar-refractivity contribution is -0.268. The van der Waals surface area contributed by atoms with Gasteiger partial charge in [-0.3, -0.25) is 19.2 Å². The van der Waals surface area contributed by atoms with Crippen molar-refractivity contribution in [1.29, 1.82) is 0 Å². The van der Waals surface area contributed by atoms with Gasteiger partial charge in [-0.05, 0) is 71.0 Å². The zero-order valence-electron chi connectivity index (χ0n) is 31.3. The van der Waals surface area contributed by atoms with Crippen molar-refractivity contribution >= 4 is 23.9 Å². The van der Waals surface area contributed by atoms with Crippen molar-refractivity contribution in [1.82, 2.24) is 0 Å². The molecule has 4 fully saturated rings. The van der Waals surface area contributed by atoms with Crippen molar-refractivity contribution in [3.63, 3.8) is 0 Å². The number of hydrogen-bond acceptors (Lipinski definition) is 8. The first-order valence-corrected chi connectivity index (χ1v) is 18.5. The predicted octanol–water partition coefficient (Wildman–Crippen LogP) is 6.48. The molecule has 0 aromatic heterocycles. The van der Waals surface area contributed by atoms with Gasteiger partial charge in [0, 0.05) is 0 Å². The fourth-order valence-corrected chi connectivity index (χ4v) is 13.1. The minimum Gasteiger partial charge on any atom is -0.481 e. The average molecular weight is 679 g/mol. The summed E-state index contributed by atoms with van der Waals surface area (Å²) in [6, 6.07) is 0. The van der Waals surface area contributed by atoms with E-state index in [0.29, 0.717) is 25.7 Å². The fourth-order valence-electron chi connectivity index (χ4n) is 13.1. The number of ether oxygens (including phenoxy) is 4. The van der Waals surface area contributed by atoms with Crippen LogP contribution in [-0.2, 0) is 38.1 Å². The Labute approximate surface area is 287 Å². The van der Waals surface area contributed by atoms with Gasteiger partial charge in [0.2, 0.25) is 0 Å². The Morgan fingerprint density at radius 2 is 0.792 bits per heavy atom. The van der Waals surface area contributed by atoms with E-state index in [1.165, 1.54) is 0 Å². The normalized spacial score (nSPS) is 42.1. The summed E-state index contributed by atoms with van der Waals surface area (Å²) in [5.74, 6) is -6.27. The Hall–Kier alpha value is -2.20. The lowest BCUT2D eigenvalue weighted by atomic mass is 9.31. The van der Waals surface area contributed by atoms with Crippen molar-refractivity contribution in [3.05, 3.63) is 0 Å². The van der Waals surface area contributed by atoms with Crippen molar-refractivity contribution in [3.8, 4) is 0 Å². The van der Waals surface area contributed by atoms with E-state index in [-0.39, 0.29) is 36.9 Å². The molecule has 12 atom stereocenters. The number of esters is 2.